The number of nitrogens with one attached hydrogen (secondary N) is 1. The van der Waals surface area contributed by atoms with Crippen LogP contribution in [0.25, 0.3) is 0 Å². The predicted octanol–water partition coefficient (Wildman–Crippen LogP) is 2.18. The fourth-order valence-corrected chi connectivity index (χ4v) is 2.28. The van der Waals surface area contributed by atoms with Crippen LogP contribution in [0, 0.1) is 12.8 Å². The summed E-state index contributed by atoms with van der Waals surface area (Å²) in [5.41, 5.74) is 5.14. The van der Waals surface area contributed by atoms with Crippen molar-refractivity contribution >= 4 is 0 Å². The van der Waals surface area contributed by atoms with Crippen LogP contribution in [0.5, 0.6) is 5.75 Å². The summed E-state index contributed by atoms with van der Waals surface area (Å²) in [6.45, 7) is 6.30. The summed E-state index contributed by atoms with van der Waals surface area (Å²) in [5.74, 6) is 6.92. The number of rotatable bonds is 6. The molecule has 0 spiro atoms. The molecule has 102 valence electrons. The van der Waals surface area contributed by atoms with Crippen LogP contribution in [0.2, 0.25) is 0 Å². The molecule has 1 rings (SSSR count). The Morgan fingerprint density at radius 2 is 1.89 bits per heavy atom. The SMILES string of the molecule is COc1ccc(C(NN)C(OC)C(C)C)c(C)c1. The Morgan fingerprint density at radius 1 is 1.22 bits per heavy atom. The molecular weight excluding hydrogens is 228 g/mol. The number of aryl methyl sites for hydroxylation is 1. The molecule has 18 heavy (non-hydrogen) atoms. The summed E-state index contributed by atoms with van der Waals surface area (Å²) < 4.78 is 10.8. The molecule has 0 bridgehead atoms. The second kappa shape index (κ2) is 6.73. The van der Waals surface area contributed by atoms with Gasteiger partial charge in [-0.25, -0.2) is 0 Å². The van der Waals surface area contributed by atoms with Crippen LogP contribution in [0.3, 0.4) is 0 Å². The molecule has 0 aliphatic rings. The lowest BCUT2D eigenvalue weighted by Gasteiger charge is -2.30. The van der Waals surface area contributed by atoms with E-state index in [9.17, 15) is 0 Å². The van der Waals surface area contributed by atoms with Crippen LogP contribution < -0.4 is 16.0 Å². The van der Waals surface area contributed by atoms with E-state index in [4.69, 9.17) is 15.3 Å². The van der Waals surface area contributed by atoms with Crippen molar-refractivity contribution in [2.24, 2.45) is 11.8 Å². The highest BCUT2D eigenvalue weighted by atomic mass is 16.5. The highest BCUT2D eigenvalue weighted by Gasteiger charge is 2.26. The van der Waals surface area contributed by atoms with E-state index >= 15 is 0 Å². The average molecular weight is 252 g/mol. The highest BCUT2D eigenvalue weighted by Crippen LogP contribution is 2.28. The predicted molar refractivity (Wildman–Crippen MR) is 73.4 cm³/mol. The minimum Gasteiger partial charge on any atom is -0.497 e. The van der Waals surface area contributed by atoms with Gasteiger partial charge in [-0.2, -0.15) is 0 Å². The van der Waals surface area contributed by atoms with Crippen molar-refractivity contribution < 1.29 is 9.47 Å². The third kappa shape index (κ3) is 3.22. The average Bonchev–Trinajstić information content (AvgIpc) is 2.35. The Morgan fingerprint density at radius 3 is 2.28 bits per heavy atom. The van der Waals surface area contributed by atoms with Gasteiger partial charge < -0.3 is 9.47 Å². The van der Waals surface area contributed by atoms with Crippen LogP contribution in [-0.2, 0) is 4.74 Å². The maximum absolute atomic E-state index is 5.70. The largest absolute Gasteiger partial charge is 0.497 e. The van der Waals surface area contributed by atoms with Gasteiger partial charge in [0.15, 0.2) is 0 Å². The van der Waals surface area contributed by atoms with Crippen molar-refractivity contribution in [1.82, 2.24) is 5.43 Å². The normalized spacial score (nSPS) is 14.6. The van der Waals surface area contributed by atoms with E-state index in [0.717, 1.165) is 16.9 Å². The molecule has 0 heterocycles. The number of methoxy groups -OCH3 is 2. The van der Waals surface area contributed by atoms with Crippen molar-refractivity contribution in [3.05, 3.63) is 29.3 Å². The zero-order valence-corrected chi connectivity index (χ0v) is 11.9. The van der Waals surface area contributed by atoms with Crippen molar-refractivity contribution in [3.63, 3.8) is 0 Å². The van der Waals surface area contributed by atoms with Gasteiger partial charge in [-0.3, -0.25) is 11.3 Å². The lowest BCUT2D eigenvalue weighted by Crippen LogP contribution is -2.40. The van der Waals surface area contributed by atoms with Gasteiger partial charge >= 0.3 is 0 Å². The number of ether oxygens (including phenoxy) is 2. The first-order valence-corrected chi connectivity index (χ1v) is 6.18. The van der Waals surface area contributed by atoms with Crippen molar-refractivity contribution in [2.75, 3.05) is 14.2 Å². The summed E-state index contributed by atoms with van der Waals surface area (Å²) in [6.07, 6.45) is 0.0297. The molecule has 0 aliphatic carbocycles. The number of hydrogen-bond acceptors (Lipinski definition) is 4. The summed E-state index contributed by atoms with van der Waals surface area (Å²) in [7, 11) is 3.38. The Balaban J connectivity index is 3.08. The van der Waals surface area contributed by atoms with E-state index in [2.05, 4.69) is 26.2 Å². The second-order valence-electron chi connectivity index (χ2n) is 4.81. The fraction of sp³-hybridized carbons (Fsp3) is 0.571. The minimum absolute atomic E-state index is 0.0269. The molecule has 3 N–H and O–H groups in total. The minimum atomic E-state index is -0.0269. The van der Waals surface area contributed by atoms with Gasteiger partial charge in [0.25, 0.3) is 0 Å². The van der Waals surface area contributed by atoms with Gasteiger partial charge in [0, 0.05) is 7.11 Å². The maximum Gasteiger partial charge on any atom is 0.119 e. The van der Waals surface area contributed by atoms with Crippen molar-refractivity contribution in [3.8, 4) is 5.75 Å². The molecule has 0 aromatic heterocycles. The zero-order valence-electron chi connectivity index (χ0n) is 11.9. The first-order chi connectivity index (χ1) is 8.54. The van der Waals surface area contributed by atoms with E-state index in [1.807, 2.05) is 18.2 Å². The molecule has 0 fully saturated rings. The monoisotopic (exact) mass is 252 g/mol. The van der Waals surface area contributed by atoms with E-state index in [1.165, 1.54) is 0 Å². The molecule has 1 aromatic rings. The van der Waals surface area contributed by atoms with Gasteiger partial charge in [-0.15, -0.1) is 0 Å². The van der Waals surface area contributed by atoms with Gasteiger partial charge in [0.1, 0.15) is 5.75 Å². The Bertz CT molecular complexity index is 380. The highest BCUT2D eigenvalue weighted by molar-refractivity contribution is 5.37. The third-order valence-corrected chi connectivity index (χ3v) is 3.25. The Labute approximate surface area is 109 Å². The number of hydrogen-bond donors (Lipinski definition) is 2. The molecule has 0 aliphatic heterocycles. The molecule has 4 heteroatoms. The van der Waals surface area contributed by atoms with Crippen LogP contribution in [-0.4, -0.2) is 20.3 Å². The van der Waals surface area contributed by atoms with Crippen molar-refractivity contribution in [1.29, 1.82) is 0 Å². The van der Waals surface area contributed by atoms with E-state index in [0.29, 0.717) is 5.92 Å². The molecule has 4 nitrogen and oxygen atoms in total. The van der Waals surface area contributed by atoms with Crippen LogP contribution >= 0.6 is 0 Å². The van der Waals surface area contributed by atoms with Gasteiger partial charge in [0.2, 0.25) is 0 Å². The maximum atomic E-state index is 5.70. The lowest BCUT2D eigenvalue weighted by atomic mass is 9.91. The number of nitrogens with two attached hydrogens (primary N) is 1. The first kappa shape index (κ1) is 15.0. The lowest BCUT2D eigenvalue weighted by molar-refractivity contribution is 0.0324. The molecule has 1 aromatic carbocycles. The van der Waals surface area contributed by atoms with E-state index in [-0.39, 0.29) is 12.1 Å². The van der Waals surface area contributed by atoms with Crippen LogP contribution in [0.4, 0.5) is 0 Å². The van der Waals surface area contributed by atoms with Crippen LogP contribution in [0.15, 0.2) is 18.2 Å². The molecule has 0 radical (unpaired) electrons. The molecule has 0 amide bonds. The van der Waals surface area contributed by atoms with E-state index in [1.54, 1.807) is 14.2 Å². The Hall–Kier alpha value is -1.10. The summed E-state index contributed by atoms with van der Waals surface area (Å²) in [6, 6.07) is 5.96. The molecular formula is C14H24N2O2. The van der Waals surface area contributed by atoms with E-state index < -0.39 is 0 Å². The zero-order chi connectivity index (χ0) is 13.7. The smallest absolute Gasteiger partial charge is 0.119 e. The quantitative estimate of drug-likeness (QED) is 0.602. The standard InChI is InChI=1S/C14H24N2O2/c1-9(2)14(18-5)13(16-15)12-7-6-11(17-4)8-10(12)3/h6-9,13-14,16H,15H2,1-5H3. The van der Waals surface area contributed by atoms with Gasteiger partial charge in [-0.1, -0.05) is 19.9 Å². The topological polar surface area (TPSA) is 56.5 Å². The third-order valence-electron chi connectivity index (χ3n) is 3.25. The molecule has 0 saturated carbocycles. The molecule has 0 saturated heterocycles. The summed E-state index contributed by atoms with van der Waals surface area (Å²) in [4.78, 5) is 0. The number of benzene rings is 1. The number of hydrazine groups is 1. The first-order valence-electron chi connectivity index (χ1n) is 6.18. The summed E-state index contributed by atoms with van der Waals surface area (Å²) >= 11 is 0. The fourth-order valence-electron chi connectivity index (χ4n) is 2.28. The molecule has 2 atom stereocenters. The van der Waals surface area contributed by atoms with Crippen molar-refractivity contribution in [2.45, 2.75) is 32.9 Å². The van der Waals surface area contributed by atoms with Gasteiger partial charge in [-0.05, 0) is 36.1 Å². The summed E-state index contributed by atoms with van der Waals surface area (Å²) in [5, 5.41) is 0. The molecule has 2 unspecified atom stereocenters. The van der Waals surface area contributed by atoms with Gasteiger partial charge in [0.05, 0.1) is 19.3 Å². The second-order valence-corrected chi connectivity index (χ2v) is 4.81. The Kier molecular flexibility index (Phi) is 5.59. The van der Waals surface area contributed by atoms with Crippen LogP contribution in [0.1, 0.15) is 31.0 Å².